The van der Waals surface area contributed by atoms with Crippen molar-refractivity contribution in [1.82, 2.24) is 10.2 Å². The van der Waals surface area contributed by atoms with Crippen molar-refractivity contribution < 1.29 is 19.2 Å². The molecule has 1 aliphatic rings. The van der Waals surface area contributed by atoms with Gasteiger partial charge in [-0.25, -0.2) is 4.79 Å². The highest BCUT2D eigenvalue weighted by atomic mass is 16.2. The molecule has 0 saturated carbocycles. The molecule has 3 rings (SSSR count). The highest BCUT2D eigenvalue weighted by molar-refractivity contribution is 6.04. The normalized spacial score (nSPS) is 13.2. The molecule has 0 atom stereocenters. The molecular weight excluding hydrogens is 360 g/mol. The second-order valence-electron chi connectivity index (χ2n) is 6.40. The summed E-state index contributed by atoms with van der Waals surface area (Å²) in [6.45, 7) is 1.91. The first-order valence-electron chi connectivity index (χ1n) is 8.78. The molecular formula is C20H20N4O4. The molecule has 0 spiro atoms. The molecule has 144 valence electrons. The van der Waals surface area contributed by atoms with Crippen molar-refractivity contribution in [3.63, 3.8) is 0 Å². The van der Waals surface area contributed by atoms with E-state index in [9.17, 15) is 19.2 Å². The molecule has 5 amide bonds. The molecule has 0 bridgehead atoms. The fraction of sp³-hybridized carbons (Fsp3) is 0.200. The van der Waals surface area contributed by atoms with Crippen molar-refractivity contribution in [1.29, 1.82) is 0 Å². The number of rotatable bonds is 6. The molecule has 0 unspecified atom stereocenters. The number of nitrogens with zero attached hydrogens (tertiary/aromatic N) is 1. The lowest BCUT2D eigenvalue weighted by Gasteiger charge is -2.12. The number of carbonyl (C=O) groups excluding carboxylic acids is 4. The lowest BCUT2D eigenvalue weighted by atomic mass is 10.1. The lowest BCUT2D eigenvalue weighted by Crippen LogP contribution is -2.33. The number of urea groups is 1. The van der Waals surface area contributed by atoms with E-state index in [2.05, 4.69) is 16.0 Å². The lowest BCUT2D eigenvalue weighted by molar-refractivity contribution is -0.125. The highest BCUT2D eigenvalue weighted by Gasteiger charge is 2.28. The molecule has 0 radical (unpaired) electrons. The molecule has 2 aromatic rings. The summed E-state index contributed by atoms with van der Waals surface area (Å²) < 4.78 is 0. The average molecular weight is 380 g/mol. The van der Waals surface area contributed by atoms with Gasteiger partial charge >= 0.3 is 6.03 Å². The van der Waals surface area contributed by atoms with Crippen LogP contribution in [0.15, 0.2) is 48.5 Å². The SMILES string of the molecule is Cc1cccc(C(=O)Nc2ccc(NC(=O)CCN3C(=O)CNC3=O)cc2)c1. The first-order valence-corrected chi connectivity index (χ1v) is 8.78. The second kappa shape index (κ2) is 8.34. The fourth-order valence-corrected chi connectivity index (χ4v) is 2.74. The highest BCUT2D eigenvalue weighted by Crippen LogP contribution is 2.15. The Balaban J connectivity index is 1.51. The van der Waals surface area contributed by atoms with Crippen LogP contribution < -0.4 is 16.0 Å². The average Bonchev–Trinajstić information content (AvgIpc) is 2.99. The quantitative estimate of drug-likeness (QED) is 0.667. The Kier molecular flexibility index (Phi) is 5.69. The van der Waals surface area contributed by atoms with Crippen LogP contribution in [-0.2, 0) is 9.59 Å². The van der Waals surface area contributed by atoms with Crippen molar-refractivity contribution in [2.45, 2.75) is 13.3 Å². The smallest absolute Gasteiger partial charge is 0.324 e. The molecule has 0 aromatic heterocycles. The topological polar surface area (TPSA) is 108 Å². The predicted molar refractivity (Wildman–Crippen MR) is 104 cm³/mol. The summed E-state index contributed by atoms with van der Waals surface area (Å²) in [4.78, 5) is 48.2. The predicted octanol–water partition coefficient (Wildman–Crippen LogP) is 2.13. The van der Waals surface area contributed by atoms with Gasteiger partial charge in [-0.05, 0) is 43.3 Å². The largest absolute Gasteiger partial charge is 0.329 e. The minimum Gasteiger partial charge on any atom is -0.329 e. The van der Waals surface area contributed by atoms with E-state index >= 15 is 0 Å². The summed E-state index contributed by atoms with van der Waals surface area (Å²) in [6.07, 6.45) is 0.00497. The van der Waals surface area contributed by atoms with Crippen molar-refractivity contribution in [3.8, 4) is 0 Å². The first kappa shape index (κ1) is 19.1. The van der Waals surface area contributed by atoms with Crippen LogP contribution in [0.5, 0.6) is 0 Å². The van der Waals surface area contributed by atoms with Crippen molar-refractivity contribution in [2.75, 3.05) is 23.7 Å². The van der Waals surface area contributed by atoms with Crippen molar-refractivity contribution >= 4 is 35.1 Å². The molecule has 1 saturated heterocycles. The monoisotopic (exact) mass is 380 g/mol. The number of anilines is 2. The Bertz CT molecular complexity index is 908. The van der Waals surface area contributed by atoms with Crippen LogP contribution >= 0.6 is 0 Å². The third-order valence-corrected chi connectivity index (χ3v) is 4.21. The van der Waals surface area contributed by atoms with Crippen LogP contribution in [0.3, 0.4) is 0 Å². The van der Waals surface area contributed by atoms with Crippen LogP contribution in [0, 0.1) is 6.92 Å². The molecule has 2 aromatic carbocycles. The number of benzene rings is 2. The third kappa shape index (κ3) is 4.73. The van der Waals surface area contributed by atoms with Gasteiger partial charge in [0.2, 0.25) is 11.8 Å². The Morgan fingerprint density at radius 2 is 1.71 bits per heavy atom. The first-order chi connectivity index (χ1) is 13.4. The Morgan fingerprint density at radius 3 is 2.32 bits per heavy atom. The van der Waals surface area contributed by atoms with E-state index in [1.807, 2.05) is 19.1 Å². The standard InChI is InChI=1S/C20H20N4O4/c1-13-3-2-4-14(11-13)19(27)23-16-7-5-15(6-8-16)22-17(25)9-10-24-18(26)12-21-20(24)28/h2-8,11H,9-10,12H2,1H3,(H,21,28)(H,22,25)(H,23,27). The van der Waals surface area contributed by atoms with Gasteiger partial charge in [-0.1, -0.05) is 17.7 Å². The molecule has 1 heterocycles. The number of hydrogen-bond acceptors (Lipinski definition) is 4. The van der Waals surface area contributed by atoms with E-state index < -0.39 is 6.03 Å². The van der Waals surface area contributed by atoms with Crippen LogP contribution in [0.2, 0.25) is 0 Å². The number of amides is 5. The molecule has 3 N–H and O–H groups in total. The molecule has 1 aliphatic heterocycles. The summed E-state index contributed by atoms with van der Waals surface area (Å²) in [7, 11) is 0. The zero-order valence-electron chi connectivity index (χ0n) is 15.3. The molecule has 8 heteroatoms. The number of aryl methyl sites for hydroxylation is 1. The summed E-state index contributed by atoms with van der Waals surface area (Å²) in [5.41, 5.74) is 2.72. The van der Waals surface area contributed by atoms with Crippen LogP contribution in [0.25, 0.3) is 0 Å². The van der Waals surface area contributed by atoms with E-state index in [1.165, 1.54) is 0 Å². The molecule has 8 nitrogen and oxygen atoms in total. The zero-order valence-corrected chi connectivity index (χ0v) is 15.3. The van der Waals surface area contributed by atoms with Gasteiger partial charge in [0.15, 0.2) is 0 Å². The fourth-order valence-electron chi connectivity index (χ4n) is 2.74. The zero-order chi connectivity index (χ0) is 20.1. The van der Waals surface area contributed by atoms with Gasteiger partial charge in [0.25, 0.3) is 5.91 Å². The second-order valence-corrected chi connectivity index (χ2v) is 6.40. The number of nitrogens with one attached hydrogen (secondary N) is 3. The van der Waals surface area contributed by atoms with Gasteiger partial charge in [-0.15, -0.1) is 0 Å². The molecule has 28 heavy (non-hydrogen) atoms. The molecule has 1 fully saturated rings. The van der Waals surface area contributed by atoms with E-state index in [0.717, 1.165) is 10.5 Å². The third-order valence-electron chi connectivity index (χ3n) is 4.21. The van der Waals surface area contributed by atoms with Gasteiger partial charge in [-0.3, -0.25) is 19.3 Å². The van der Waals surface area contributed by atoms with Gasteiger partial charge in [0.05, 0.1) is 6.54 Å². The van der Waals surface area contributed by atoms with E-state index in [4.69, 9.17) is 0 Å². The van der Waals surface area contributed by atoms with Gasteiger partial charge < -0.3 is 16.0 Å². The number of imide groups is 1. The minimum absolute atomic E-state index is 0.00497. The van der Waals surface area contributed by atoms with Crippen molar-refractivity contribution in [3.05, 3.63) is 59.7 Å². The number of carbonyl (C=O) groups is 4. The number of hydrogen-bond donors (Lipinski definition) is 3. The van der Waals surface area contributed by atoms with E-state index in [1.54, 1.807) is 36.4 Å². The van der Waals surface area contributed by atoms with Crippen LogP contribution in [0.1, 0.15) is 22.3 Å². The maximum atomic E-state index is 12.2. The summed E-state index contributed by atoms with van der Waals surface area (Å²) >= 11 is 0. The van der Waals surface area contributed by atoms with E-state index in [0.29, 0.717) is 16.9 Å². The summed E-state index contributed by atoms with van der Waals surface area (Å²) in [5, 5.41) is 7.89. The van der Waals surface area contributed by atoms with Crippen molar-refractivity contribution in [2.24, 2.45) is 0 Å². The van der Waals surface area contributed by atoms with Gasteiger partial charge in [0, 0.05) is 29.9 Å². The Morgan fingerprint density at radius 1 is 1.04 bits per heavy atom. The van der Waals surface area contributed by atoms with Crippen LogP contribution in [-0.4, -0.2) is 41.7 Å². The maximum Gasteiger partial charge on any atom is 0.324 e. The van der Waals surface area contributed by atoms with Gasteiger partial charge in [0.1, 0.15) is 0 Å². The summed E-state index contributed by atoms with van der Waals surface area (Å²) in [5.74, 6) is -0.871. The van der Waals surface area contributed by atoms with Gasteiger partial charge in [-0.2, -0.15) is 0 Å². The van der Waals surface area contributed by atoms with Crippen LogP contribution in [0.4, 0.5) is 16.2 Å². The summed E-state index contributed by atoms with van der Waals surface area (Å²) in [6, 6.07) is 13.5. The Hall–Kier alpha value is -3.68. The minimum atomic E-state index is -0.480. The molecule has 0 aliphatic carbocycles. The Labute approximate surface area is 161 Å². The van der Waals surface area contributed by atoms with E-state index in [-0.39, 0.29) is 37.2 Å². The maximum absolute atomic E-state index is 12.2.